The second-order valence-corrected chi connectivity index (χ2v) is 9.33. The quantitative estimate of drug-likeness (QED) is 0.427. The van der Waals surface area contributed by atoms with Crippen LogP contribution in [0.25, 0.3) is 22.3 Å². The van der Waals surface area contributed by atoms with Gasteiger partial charge in [0.25, 0.3) is 5.91 Å². The summed E-state index contributed by atoms with van der Waals surface area (Å²) in [4.78, 5) is 20.8. The Hall–Kier alpha value is -3.55. The molecular weight excluding hydrogens is 438 g/mol. The number of carbonyl (C=O) groups is 1. The zero-order chi connectivity index (χ0) is 24.4. The van der Waals surface area contributed by atoms with Gasteiger partial charge in [-0.05, 0) is 50.1 Å². The first-order valence-electron chi connectivity index (χ1n) is 12.1. The number of fused-ring (bicyclic) bond motifs is 1. The van der Waals surface area contributed by atoms with Crippen molar-refractivity contribution in [2.45, 2.75) is 33.4 Å². The van der Waals surface area contributed by atoms with Crippen LogP contribution in [0.4, 0.5) is 5.69 Å². The van der Waals surface area contributed by atoms with Crippen LogP contribution >= 0.6 is 0 Å². The third-order valence-corrected chi connectivity index (χ3v) is 6.44. The SMILES string of the molecule is Cc1ccccc1-c1cc(C(=O)Nc2ccc(CN3CCOCC3)cc2)c2cnn(C(C)C)c2n1. The molecule has 1 fully saturated rings. The number of hydrogen-bond donors (Lipinski definition) is 1. The number of ether oxygens (including phenoxy) is 1. The Labute approximate surface area is 205 Å². The van der Waals surface area contributed by atoms with Crippen molar-refractivity contribution >= 4 is 22.6 Å². The van der Waals surface area contributed by atoms with E-state index in [-0.39, 0.29) is 11.9 Å². The van der Waals surface area contributed by atoms with Crippen molar-refractivity contribution in [3.8, 4) is 11.3 Å². The highest BCUT2D eigenvalue weighted by atomic mass is 16.5. The molecule has 4 aromatic rings. The van der Waals surface area contributed by atoms with Gasteiger partial charge >= 0.3 is 0 Å². The number of hydrogen-bond acceptors (Lipinski definition) is 5. The number of pyridine rings is 1. The van der Waals surface area contributed by atoms with E-state index in [1.807, 2.05) is 41.1 Å². The predicted octanol–water partition coefficient (Wildman–Crippen LogP) is 5.07. The van der Waals surface area contributed by atoms with E-state index in [0.717, 1.165) is 60.7 Å². The molecule has 7 heteroatoms. The Morgan fingerprint density at radius 3 is 2.54 bits per heavy atom. The Kier molecular flexibility index (Phi) is 6.61. The third-order valence-electron chi connectivity index (χ3n) is 6.44. The molecule has 1 aliphatic rings. The number of rotatable bonds is 6. The van der Waals surface area contributed by atoms with Gasteiger partial charge in [0.1, 0.15) is 0 Å². The van der Waals surface area contributed by atoms with E-state index < -0.39 is 0 Å². The number of morpholine rings is 1. The van der Waals surface area contributed by atoms with Crippen LogP contribution in [0.3, 0.4) is 0 Å². The van der Waals surface area contributed by atoms with E-state index in [4.69, 9.17) is 9.72 Å². The summed E-state index contributed by atoms with van der Waals surface area (Å²) in [7, 11) is 0. The Bertz CT molecular complexity index is 1340. The summed E-state index contributed by atoms with van der Waals surface area (Å²) < 4.78 is 7.30. The van der Waals surface area contributed by atoms with E-state index in [9.17, 15) is 4.79 Å². The van der Waals surface area contributed by atoms with Crippen molar-refractivity contribution < 1.29 is 9.53 Å². The van der Waals surface area contributed by atoms with Gasteiger partial charge in [-0.25, -0.2) is 9.67 Å². The minimum atomic E-state index is -0.170. The van der Waals surface area contributed by atoms with Crippen molar-refractivity contribution in [3.05, 3.63) is 77.5 Å². The van der Waals surface area contributed by atoms with E-state index in [1.54, 1.807) is 6.20 Å². The second kappa shape index (κ2) is 9.98. The molecule has 0 aliphatic carbocycles. The normalized spacial score (nSPS) is 14.5. The summed E-state index contributed by atoms with van der Waals surface area (Å²) in [6.07, 6.45) is 1.74. The smallest absolute Gasteiger partial charge is 0.256 e. The molecule has 5 rings (SSSR count). The second-order valence-electron chi connectivity index (χ2n) is 9.33. The molecule has 3 heterocycles. The van der Waals surface area contributed by atoms with Crippen LogP contribution in [0.15, 0.2) is 60.8 Å². The fourth-order valence-corrected chi connectivity index (χ4v) is 4.49. The maximum Gasteiger partial charge on any atom is 0.256 e. The van der Waals surface area contributed by atoms with Crippen LogP contribution in [0.1, 0.15) is 41.4 Å². The fraction of sp³-hybridized carbons (Fsp3) is 0.321. The average molecular weight is 470 g/mol. The number of amides is 1. The maximum absolute atomic E-state index is 13.5. The summed E-state index contributed by atoms with van der Waals surface area (Å²) in [5, 5.41) is 8.35. The van der Waals surface area contributed by atoms with Gasteiger partial charge in [0.2, 0.25) is 0 Å². The lowest BCUT2D eigenvalue weighted by Crippen LogP contribution is -2.35. The molecule has 1 amide bonds. The number of nitrogens with one attached hydrogen (secondary N) is 1. The van der Waals surface area contributed by atoms with Crippen LogP contribution in [0, 0.1) is 6.92 Å². The fourth-order valence-electron chi connectivity index (χ4n) is 4.49. The van der Waals surface area contributed by atoms with Crippen molar-refractivity contribution in [1.29, 1.82) is 0 Å². The van der Waals surface area contributed by atoms with Crippen LogP contribution in [0.2, 0.25) is 0 Å². The first-order valence-corrected chi connectivity index (χ1v) is 12.1. The van der Waals surface area contributed by atoms with Gasteiger partial charge < -0.3 is 10.1 Å². The molecule has 1 N–H and O–H groups in total. The molecule has 0 radical (unpaired) electrons. The molecule has 0 unspecified atom stereocenters. The zero-order valence-electron chi connectivity index (χ0n) is 20.5. The first kappa shape index (κ1) is 23.2. The summed E-state index contributed by atoms with van der Waals surface area (Å²) >= 11 is 0. The van der Waals surface area contributed by atoms with Gasteiger partial charge in [0, 0.05) is 36.9 Å². The molecule has 0 bridgehead atoms. The molecule has 0 spiro atoms. The lowest BCUT2D eigenvalue weighted by Gasteiger charge is -2.26. The van der Waals surface area contributed by atoms with Gasteiger partial charge in [0.05, 0.1) is 36.1 Å². The molecule has 0 saturated carbocycles. The molecule has 0 atom stereocenters. The molecule has 35 heavy (non-hydrogen) atoms. The minimum Gasteiger partial charge on any atom is -0.379 e. The highest BCUT2D eigenvalue weighted by Crippen LogP contribution is 2.28. The monoisotopic (exact) mass is 469 g/mol. The summed E-state index contributed by atoms with van der Waals surface area (Å²) in [5.41, 5.74) is 6.15. The summed E-state index contributed by atoms with van der Waals surface area (Å²) in [6.45, 7) is 10.5. The van der Waals surface area contributed by atoms with Gasteiger partial charge in [0.15, 0.2) is 5.65 Å². The zero-order valence-corrected chi connectivity index (χ0v) is 20.5. The maximum atomic E-state index is 13.5. The minimum absolute atomic E-state index is 0.127. The molecule has 180 valence electrons. The number of nitrogens with zero attached hydrogens (tertiary/aromatic N) is 4. The summed E-state index contributed by atoms with van der Waals surface area (Å²) in [6, 6.07) is 18.2. The lowest BCUT2D eigenvalue weighted by atomic mass is 10.0. The number of aromatic nitrogens is 3. The van der Waals surface area contributed by atoms with Gasteiger partial charge in [-0.3, -0.25) is 9.69 Å². The van der Waals surface area contributed by atoms with Crippen LogP contribution < -0.4 is 5.32 Å². The molecular formula is C28H31N5O2. The van der Waals surface area contributed by atoms with Crippen molar-refractivity contribution in [1.82, 2.24) is 19.7 Å². The number of anilines is 1. The predicted molar refractivity (Wildman–Crippen MR) is 139 cm³/mol. The number of aryl methyl sites for hydroxylation is 1. The molecule has 7 nitrogen and oxygen atoms in total. The average Bonchev–Trinajstić information content (AvgIpc) is 3.30. The Balaban J connectivity index is 1.44. The van der Waals surface area contributed by atoms with Crippen molar-refractivity contribution in [2.24, 2.45) is 0 Å². The summed E-state index contributed by atoms with van der Waals surface area (Å²) in [5.74, 6) is -0.170. The Morgan fingerprint density at radius 2 is 1.83 bits per heavy atom. The first-order chi connectivity index (χ1) is 17.0. The standard InChI is InChI=1S/C28H31N5O2/c1-19(2)33-27-25(17-29-33)24(16-26(31-27)23-7-5-4-6-20(23)3)28(34)30-22-10-8-21(9-11-22)18-32-12-14-35-15-13-32/h4-11,16-17,19H,12-15,18H2,1-3H3,(H,30,34). The van der Waals surface area contributed by atoms with Gasteiger partial charge in [-0.1, -0.05) is 36.4 Å². The highest BCUT2D eigenvalue weighted by Gasteiger charge is 2.19. The van der Waals surface area contributed by atoms with Gasteiger partial charge in [-0.2, -0.15) is 5.10 Å². The Morgan fingerprint density at radius 1 is 1.09 bits per heavy atom. The van der Waals surface area contributed by atoms with E-state index >= 15 is 0 Å². The van der Waals surface area contributed by atoms with Crippen LogP contribution in [-0.4, -0.2) is 51.9 Å². The topological polar surface area (TPSA) is 72.3 Å². The van der Waals surface area contributed by atoms with E-state index in [2.05, 4.69) is 54.3 Å². The highest BCUT2D eigenvalue weighted by molar-refractivity contribution is 6.12. The van der Waals surface area contributed by atoms with E-state index in [0.29, 0.717) is 11.2 Å². The largest absolute Gasteiger partial charge is 0.379 e. The molecule has 1 aliphatic heterocycles. The van der Waals surface area contributed by atoms with Crippen LogP contribution in [0.5, 0.6) is 0 Å². The van der Waals surface area contributed by atoms with Gasteiger partial charge in [-0.15, -0.1) is 0 Å². The van der Waals surface area contributed by atoms with Crippen LogP contribution in [-0.2, 0) is 11.3 Å². The van der Waals surface area contributed by atoms with E-state index in [1.165, 1.54) is 5.56 Å². The molecule has 2 aromatic carbocycles. The molecule has 1 saturated heterocycles. The lowest BCUT2D eigenvalue weighted by molar-refractivity contribution is 0.0342. The molecule has 2 aromatic heterocycles. The number of benzene rings is 2. The van der Waals surface area contributed by atoms with Crippen molar-refractivity contribution in [3.63, 3.8) is 0 Å². The van der Waals surface area contributed by atoms with Crippen molar-refractivity contribution in [2.75, 3.05) is 31.6 Å². The number of carbonyl (C=O) groups excluding carboxylic acids is 1. The third kappa shape index (κ3) is 4.97.